The number of aromatic nitrogens is 2. The summed E-state index contributed by atoms with van der Waals surface area (Å²) < 4.78 is 0. The maximum Gasteiger partial charge on any atom is 0.131 e. The molecule has 0 bridgehead atoms. The van der Waals surface area contributed by atoms with Gasteiger partial charge in [0.25, 0.3) is 0 Å². The zero-order chi connectivity index (χ0) is 13.2. The molecule has 0 radical (unpaired) electrons. The summed E-state index contributed by atoms with van der Waals surface area (Å²) in [4.78, 5) is 7.81. The van der Waals surface area contributed by atoms with Crippen molar-refractivity contribution < 1.29 is 0 Å². The number of H-pyrrole nitrogens is 1. The quantitative estimate of drug-likeness (QED) is 0.717. The first kappa shape index (κ1) is 12.0. The Hall–Kier alpha value is -2.06. The summed E-state index contributed by atoms with van der Waals surface area (Å²) in [6.07, 6.45) is 3.99. The summed E-state index contributed by atoms with van der Waals surface area (Å²) in [5.41, 5.74) is 4.38. The average Bonchev–Trinajstić information content (AvgIpc) is 2.80. The van der Waals surface area contributed by atoms with Gasteiger partial charge in [0, 0.05) is 5.02 Å². The van der Waals surface area contributed by atoms with Gasteiger partial charge in [-0.2, -0.15) is 0 Å². The standard InChI is InChI=1S/C16H13ClN2/c1-11-2-8-14-15(10-11)19-16(18-14)9-5-12-3-6-13(17)7-4-12/h2-10H,1H3,(H,18,19)/b9-5+. The summed E-state index contributed by atoms with van der Waals surface area (Å²) in [6, 6.07) is 13.9. The van der Waals surface area contributed by atoms with Crippen molar-refractivity contribution in [1.29, 1.82) is 0 Å². The highest BCUT2D eigenvalue weighted by Crippen LogP contribution is 2.15. The van der Waals surface area contributed by atoms with E-state index in [-0.39, 0.29) is 0 Å². The van der Waals surface area contributed by atoms with Crippen molar-refractivity contribution in [1.82, 2.24) is 9.97 Å². The van der Waals surface area contributed by atoms with Gasteiger partial charge >= 0.3 is 0 Å². The lowest BCUT2D eigenvalue weighted by molar-refractivity contribution is 1.29. The summed E-state index contributed by atoms with van der Waals surface area (Å²) in [7, 11) is 0. The summed E-state index contributed by atoms with van der Waals surface area (Å²) >= 11 is 5.85. The van der Waals surface area contributed by atoms with Gasteiger partial charge in [0.2, 0.25) is 0 Å². The van der Waals surface area contributed by atoms with Gasteiger partial charge < -0.3 is 4.98 Å². The van der Waals surface area contributed by atoms with E-state index in [1.54, 1.807) is 0 Å². The normalized spacial score (nSPS) is 11.5. The van der Waals surface area contributed by atoms with E-state index in [0.29, 0.717) is 0 Å². The van der Waals surface area contributed by atoms with Crippen molar-refractivity contribution in [3.8, 4) is 0 Å². The van der Waals surface area contributed by atoms with Crippen LogP contribution in [0.3, 0.4) is 0 Å². The van der Waals surface area contributed by atoms with E-state index in [1.807, 2.05) is 42.5 Å². The first-order valence-electron chi connectivity index (χ1n) is 6.11. The topological polar surface area (TPSA) is 28.7 Å². The van der Waals surface area contributed by atoms with Crippen LogP contribution in [0, 0.1) is 6.92 Å². The number of aryl methyl sites for hydroxylation is 1. The maximum atomic E-state index is 5.85. The van der Waals surface area contributed by atoms with E-state index >= 15 is 0 Å². The summed E-state index contributed by atoms with van der Waals surface area (Å²) in [5.74, 6) is 0.857. The Kier molecular flexibility index (Phi) is 3.10. The molecule has 0 fully saturated rings. The van der Waals surface area contributed by atoms with Gasteiger partial charge in [-0.25, -0.2) is 4.98 Å². The van der Waals surface area contributed by atoms with Gasteiger partial charge in [-0.3, -0.25) is 0 Å². The highest BCUT2D eigenvalue weighted by molar-refractivity contribution is 6.30. The Bertz CT molecular complexity index is 739. The zero-order valence-corrected chi connectivity index (χ0v) is 11.3. The van der Waals surface area contributed by atoms with Crippen molar-refractivity contribution in [2.45, 2.75) is 6.92 Å². The second-order valence-electron chi connectivity index (χ2n) is 4.53. The maximum absolute atomic E-state index is 5.85. The predicted molar refractivity (Wildman–Crippen MR) is 81.2 cm³/mol. The third kappa shape index (κ3) is 2.69. The molecule has 0 saturated carbocycles. The van der Waals surface area contributed by atoms with Crippen molar-refractivity contribution in [2.24, 2.45) is 0 Å². The molecule has 1 heterocycles. The van der Waals surface area contributed by atoms with Gasteiger partial charge in [-0.15, -0.1) is 0 Å². The Morgan fingerprint density at radius 2 is 1.84 bits per heavy atom. The number of rotatable bonds is 2. The number of fused-ring (bicyclic) bond motifs is 1. The van der Waals surface area contributed by atoms with Crippen molar-refractivity contribution in [2.75, 3.05) is 0 Å². The molecule has 19 heavy (non-hydrogen) atoms. The molecule has 0 unspecified atom stereocenters. The third-order valence-corrected chi connectivity index (χ3v) is 3.21. The Morgan fingerprint density at radius 3 is 2.63 bits per heavy atom. The number of imidazole rings is 1. The second kappa shape index (κ2) is 4.90. The second-order valence-corrected chi connectivity index (χ2v) is 4.96. The number of nitrogens with zero attached hydrogens (tertiary/aromatic N) is 1. The predicted octanol–water partition coefficient (Wildman–Crippen LogP) is 4.70. The van der Waals surface area contributed by atoms with Crippen LogP contribution in [0.2, 0.25) is 5.02 Å². The lowest BCUT2D eigenvalue weighted by Gasteiger charge is -1.92. The molecule has 94 valence electrons. The minimum absolute atomic E-state index is 0.747. The average molecular weight is 269 g/mol. The molecule has 0 amide bonds. The van der Waals surface area contributed by atoms with Crippen molar-refractivity contribution >= 4 is 34.8 Å². The number of aromatic amines is 1. The van der Waals surface area contributed by atoms with E-state index in [1.165, 1.54) is 5.56 Å². The molecule has 1 N–H and O–H groups in total. The molecule has 0 spiro atoms. The molecular formula is C16H13ClN2. The van der Waals surface area contributed by atoms with Crippen LogP contribution in [0.1, 0.15) is 17.0 Å². The SMILES string of the molecule is Cc1ccc2nc(/C=C/c3ccc(Cl)cc3)[nH]c2c1. The molecule has 0 saturated heterocycles. The molecule has 3 aromatic rings. The third-order valence-electron chi connectivity index (χ3n) is 2.96. The van der Waals surface area contributed by atoms with Crippen LogP contribution >= 0.6 is 11.6 Å². The number of hydrogen-bond acceptors (Lipinski definition) is 1. The molecule has 0 aliphatic heterocycles. The highest BCUT2D eigenvalue weighted by Gasteiger charge is 1.99. The molecule has 3 rings (SSSR count). The molecule has 0 atom stereocenters. The monoisotopic (exact) mass is 268 g/mol. The van der Waals surface area contributed by atoms with Gasteiger partial charge in [0.15, 0.2) is 0 Å². The van der Waals surface area contributed by atoms with Crippen LogP contribution in [0.4, 0.5) is 0 Å². The van der Waals surface area contributed by atoms with E-state index < -0.39 is 0 Å². The van der Waals surface area contributed by atoms with E-state index in [9.17, 15) is 0 Å². The van der Waals surface area contributed by atoms with Gasteiger partial charge in [0.1, 0.15) is 5.82 Å². The minimum Gasteiger partial charge on any atom is -0.338 e. The number of nitrogens with one attached hydrogen (secondary N) is 1. The first-order chi connectivity index (χ1) is 9.20. The van der Waals surface area contributed by atoms with Crippen LogP contribution in [0.25, 0.3) is 23.2 Å². The minimum atomic E-state index is 0.747. The molecule has 0 aliphatic carbocycles. The first-order valence-corrected chi connectivity index (χ1v) is 6.48. The molecule has 2 nitrogen and oxygen atoms in total. The van der Waals surface area contributed by atoms with Crippen LogP contribution < -0.4 is 0 Å². The lowest BCUT2D eigenvalue weighted by Crippen LogP contribution is -1.74. The van der Waals surface area contributed by atoms with E-state index in [0.717, 1.165) is 27.4 Å². The fraction of sp³-hybridized carbons (Fsp3) is 0.0625. The summed E-state index contributed by atoms with van der Waals surface area (Å²) in [6.45, 7) is 2.07. The number of halogens is 1. The van der Waals surface area contributed by atoms with Gasteiger partial charge in [-0.05, 0) is 48.4 Å². The van der Waals surface area contributed by atoms with Crippen LogP contribution in [0.15, 0.2) is 42.5 Å². The number of hydrogen-bond donors (Lipinski definition) is 1. The molecule has 2 aromatic carbocycles. The zero-order valence-electron chi connectivity index (χ0n) is 10.5. The fourth-order valence-electron chi connectivity index (χ4n) is 1.97. The molecule has 0 aliphatic rings. The van der Waals surface area contributed by atoms with Gasteiger partial charge in [-0.1, -0.05) is 35.9 Å². The van der Waals surface area contributed by atoms with Crippen molar-refractivity contribution in [3.63, 3.8) is 0 Å². The molecule has 3 heteroatoms. The summed E-state index contributed by atoms with van der Waals surface area (Å²) in [5, 5.41) is 0.747. The number of benzene rings is 2. The van der Waals surface area contributed by atoms with E-state index in [4.69, 9.17) is 11.6 Å². The van der Waals surface area contributed by atoms with Crippen molar-refractivity contribution in [3.05, 3.63) is 64.4 Å². The molecule has 1 aromatic heterocycles. The van der Waals surface area contributed by atoms with Crippen LogP contribution in [-0.2, 0) is 0 Å². The molecular weight excluding hydrogens is 256 g/mol. The Labute approximate surface area is 116 Å². The smallest absolute Gasteiger partial charge is 0.131 e. The van der Waals surface area contributed by atoms with Crippen LogP contribution in [0.5, 0.6) is 0 Å². The Morgan fingerprint density at radius 1 is 1.05 bits per heavy atom. The fourth-order valence-corrected chi connectivity index (χ4v) is 2.10. The Balaban J connectivity index is 1.90. The van der Waals surface area contributed by atoms with E-state index in [2.05, 4.69) is 29.0 Å². The largest absolute Gasteiger partial charge is 0.338 e. The lowest BCUT2D eigenvalue weighted by atomic mass is 10.2. The highest BCUT2D eigenvalue weighted by atomic mass is 35.5. The van der Waals surface area contributed by atoms with Crippen LogP contribution in [-0.4, -0.2) is 9.97 Å². The van der Waals surface area contributed by atoms with Gasteiger partial charge in [0.05, 0.1) is 11.0 Å².